The van der Waals surface area contributed by atoms with Crippen LogP contribution in [0.3, 0.4) is 0 Å². The van der Waals surface area contributed by atoms with Crippen LogP contribution < -0.4 is 4.74 Å². The largest absolute Gasteiger partial charge is 0.496 e. The first kappa shape index (κ1) is 19.2. The molecule has 1 amide bonds. The van der Waals surface area contributed by atoms with Crippen LogP contribution in [0.4, 0.5) is 0 Å². The third-order valence-electron chi connectivity index (χ3n) is 5.34. The lowest BCUT2D eigenvalue weighted by molar-refractivity contribution is 0.0734. The molecule has 0 aliphatic carbocycles. The van der Waals surface area contributed by atoms with E-state index in [0.717, 1.165) is 33.1 Å². The van der Waals surface area contributed by atoms with Crippen molar-refractivity contribution in [2.75, 3.05) is 14.2 Å². The first-order valence-electron chi connectivity index (χ1n) is 9.44. The highest BCUT2D eigenvalue weighted by Gasteiger charge is 2.24. The van der Waals surface area contributed by atoms with Crippen molar-refractivity contribution in [3.8, 4) is 17.0 Å². The van der Waals surface area contributed by atoms with Crippen molar-refractivity contribution in [3.05, 3.63) is 76.9 Å². The second-order valence-electron chi connectivity index (χ2n) is 7.05. The molecule has 0 saturated heterocycles. The van der Waals surface area contributed by atoms with Crippen molar-refractivity contribution in [3.63, 3.8) is 0 Å². The summed E-state index contributed by atoms with van der Waals surface area (Å²) < 4.78 is 7.36. The van der Waals surface area contributed by atoms with Gasteiger partial charge in [0.25, 0.3) is 5.91 Å². The monoisotopic (exact) mass is 405 g/mol. The van der Waals surface area contributed by atoms with Crippen LogP contribution >= 0.6 is 11.3 Å². The highest BCUT2D eigenvalue weighted by atomic mass is 32.1. The number of aryl methyl sites for hydroxylation is 1. The Labute approximate surface area is 174 Å². The van der Waals surface area contributed by atoms with E-state index >= 15 is 0 Å². The van der Waals surface area contributed by atoms with Gasteiger partial charge in [0.1, 0.15) is 11.4 Å². The van der Waals surface area contributed by atoms with E-state index in [0.29, 0.717) is 5.69 Å². The van der Waals surface area contributed by atoms with Crippen LogP contribution in [-0.2, 0) is 0 Å². The van der Waals surface area contributed by atoms with Gasteiger partial charge in [-0.3, -0.25) is 9.20 Å². The summed E-state index contributed by atoms with van der Waals surface area (Å²) in [4.78, 5) is 20.6. The van der Waals surface area contributed by atoms with E-state index in [-0.39, 0.29) is 11.9 Å². The molecule has 0 fully saturated rings. The second-order valence-corrected chi connectivity index (χ2v) is 7.89. The maximum Gasteiger partial charge on any atom is 0.271 e. The lowest BCUT2D eigenvalue weighted by atomic mass is 10.1. The minimum atomic E-state index is -0.132. The van der Waals surface area contributed by atoms with Gasteiger partial charge >= 0.3 is 0 Å². The quantitative estimate of drug-likeness (QED) is 0.458. The number of methoxy groups -OCH3 is 1. The van der Waals surface area contributed by atoms with Gasteiger partial charge in [-0.05, 0) is 25.5 Å². The molecule has 1 atom stereocenters. The fraction of sp³-hybridized carbons (Fsp3) is 0.217. The number of carbonyl (C=O) groups excluding carboxylic acids is 1. The van der Waals surface area contributed by atoms with Crippen molar-refractivity contribution in [1.82, 2.24) is 14.3 Å². The number of fused-ring (bicyclic) bond motifs is 1. The van der Waals surface area contributed by atoms with Gasteiger partial charge in [-0.15, -0.1) is 11.3 Å². The maximum atomic E-state index is 13.3. The number of para-hydroxylation sites is 1. The molecule has 0 bridgehead atoms. The van der Waals surface area contributed by atoms with Crippen molar-refractivity contribution in [2.24, 2.45) is 0 Å². The molecule has 0 aliphatic heterocycles. The summed E-state index contributed by atoms with van der Waals surface area (Å²) in [5.41, 5.74) is 4.71. The molecule has 148 valence electrons. The van der Waals surface area contributed by atoms with Gasteiger partial charge in [0, 0.05) is 29.8 Å². The number of nitrogens with zero attached hydrogens (tertiary/aromatic N) is 3. The topological polar surface area (TPSA) is 46.8 Å². The molecular weight excluding hydrogens is 382 g/mol. The number of aromatic nitrogens is 2. The Morgan fingerprint density at radius 1 is 1.17 bits per heavy atom. The average Bonchev–Trinajstić information content (AvgIpc) is 3.33. The Balaban J connectivity index is 1.67. The van der Waals surface area contributed by atoms with Crippen LogP contribution in [0.2, 0.25) is 0 Å². The Bertz CT molecular complexity index is 1180. The molecular formula is C23H23N3O2S. The molecule has 0 saturated carbocycles. The molecule has 0 spiro atoms. The van der Waals surface area contributed by atoms with Gasteiger partial charge in [0.15, 0.2) is 4.96 Å². The van der Waals surface area contributed by atoms with Crippen LogP contribution in [0.25, 0.3) is 16.2 Å². The summed E-state index contributed by atoms with van der Waals surface area (Å²) in [7, 11) is 3.47. The summed E-state index contributed by atoms with van der Waals surface area (Å²) in [6.07, 6.45) is 1.95. The van der Waals surface area contributed by atoms with Gasteiger partial charge in [-0.25, -0.2) is 4.98 Å². The number of hydrogen-bond acceptors (Lipinski definition) is 4. The average molecular weight is 406 g/mol. The smallest absolute Gasteiger partial charge is 0.271 e. The minimum absolute atomic E-state index is 0.0524. The normalized spacial score (nSPS) is 12.1. The van der Waals surface area contributed by atoms with Crippen LogP contribution in [0, 0.1) is 6.92 Å². The van der Waals surface area contributed by atoms with Crippen LogP contribution in [0.5, 0.6) is 5.75 Å². The fourth-order valence-electron chi connectivity index (χ4n) is 3.50. The van der Waals surface area contributed by atoms with Crippen molar-refractivity contribution >= 4 is 22.2 Å². The molecule has 5 nitrogen and oxygen atoms in total. The van der Waals surface area contributed by atoms with E-state index in [1.165, 1.54) is 11.3 Å². The summed E-state index contributed by atoms with van der Waals surface area (Å²) in [5, 5.41) is 1.87. The first-order valence-corrected chi connectivity index (χ1v) is 10.3. The molecule has 2 aromatic carbocycles. The van der Waals surface area contributed by atoms with E-state index in [9.17, 15) is 4.79 Å². The van der Waals surface area contributed by atoms with Gasteiger partial charge in [-0.2, -0.15) is 0 Å². The predicted octanol–water partition coefficient (Wildman–Crippen LogP) is 5.21. The SMILES string of the molecule is COc1ccccc1C(C)N(C)C(=O)c1csc2nc(-c3ccccc3C)cn12. The molecule has 2 aromatic heterocycles. The zero-order valence-corrected chi connectivity index (χ0v) is 17.7. The molecule has 0 radical (unpaired) electrons. The van der Waals surface area contributed by atoms with E-state index in [1.54, 1.807) is 12.0 Å². The molecule has 2 heterocycles. The number of carbonyl (C=O) groups is 1. The van der Waals surface area contributed by atoms with Crippen LogP contribution in [0.15, 0.2) is 60.1 Å². The Morgan fingerprint density at radius 2 is 1.90 bits per heavy atom. The number of thiazole rings is 1. The third kappa shape index (κ3) is 3.40. The Hall–Kier alpha value is -3.12. The van der Waals surface area contributed by atoms with Crippen molar-refractivity contribution in [2.45, 2.75) is 19.9 Å². The maximum absolute atomic E-state index is 13.3. The molecule has 6 heteroatoms. The molecule has 0 aliphatic rings. The number of amides is 1. The molecule has 1 unspecified atom stereocenters. The first-order chi connectivity index (χ1) is 14.0. The van der Waals surface area contributed by atoms with Gasteiger partial charge < -0.3 is 9.64 Å². The minimum Gasteiger partial charge on any atom is -0.496 e. The number of rotatable bonds is 5. The zero-order valence-electron chi connectivity index (χ0n) is 16.9. The lowest BCUT2D eigenvalue weighted by Crippen LogP contribution is -2.30. The molecule has 4 aromatic rings. The van der Waals surface area contributed by atoms with Crippen molar-refractivity contribution < 1.29 is 9.53 Å². The zero-order chi connectivity index (χ0) is 20.5. The standard InChI is InChI=1S/C23H23N3O2S/c1-15-9-5-6-10-17(15)19-13-26-20(14-29-23(26)24-19)22(27)25(3)16(2)18-11-7-8-12-21(18)28-4/h5-14,16H,1-4H3. The lowest BCUT2D eigenvalue weighted by Gasteiger charge is -2.26. The molecule has 29 heavy (non-hydrogen) atoms. The molecule has 4 rings (SSSR count). The van der Waals surface area contributed by atoms with E-state index in [1.807, 2.05) is 66.3 Å². The van der Waals surface area contributed by atoms with Gasteiger partial charge in [-0.1, -0.05) is 42.5 Å². The molecule has 0 N–H and O–H groups in total. The summed E-state index contributed by atoms with van der Waals surface area (Å²) in [5.74, 6) is 0.725. The van der Waals surface area contributed by atoms with E-state index < -0.39 is 0 Å². The number of ether oxygens (including phenoxy) is 1. The Kier molecular flexibility index (Phi) is 5.11. The van der Waals surface area contributed by atoms with Crippen LogP contribution in [-0.4, -0.2) is 34.3 Å². The van der Waals surface area contributed by atoms with Gasteiger partial charge in [0.2, 0.25) is 0 Å². The second kappa shape index (κ2) is 7.72. The number of benzene rings is 2. The van der Waals surface area contributed by atoms with Crippen molar-refractivity contribution in [1.29, 1.82) is 0 Å². The van der Waals surface area contributed by atoms with Gasteiger partial charge in [0.05, 0.1) is 18.8 Å². The highest BCUT2D eigenvalue weighted by molar-refractivity contribution is 7.15. The number of hydrogen-bond donors (Lipinski definition) is 0. The third-order valence-corrected chi connectivity index (χ3v) is 6.18. The van der Waals surface area contributed by atoms with E-state index in [2.05, 4.69) is 19.1 Å². The predicted molar refractivity (Wildman–Crippen MR) is 117 cm³/mol. The van der Waals surface area contributed by atoms with E-state index in [4.69, 9.17) is 9.72 Å². The summed E-state index contributed by atoms with van der Waals surface area (Å²) in [6, 6.07) is 15.8. The summed E-state index contributed by atoms with van der Waals surface area (Å²) in [6.45, 7) is 4.07. The highest BCUT2D eigenvalue weighted by Crippen LogP contribution is 2.31. The number of imidazole rings is 1. The van der Waals surface area contributed by atoms with Crippen LogP contribution in [0.1, 0.15) is 34.6 Å². The Morgan fingerprint density at radius 3 is 2.66 bits per heavy atom. The summed E-state index contributed by atoms with van der Waals surface area (Å²) >= 11 is 1.48. The fourth-order valence-corrected chi connectivity index (χ4v) is 4.35.